The van der Waals surface area contributed by atoms with E-state index in [1.807, 2.05) is 0 Å². The van der Waals surface area contributed by atoms with Crippen LogP contribution in [0.1, 0.15) is 27.7 Å². The lowest BCUT2D eigenvalue weighted by atomic mass is 10.2. The number of carbonyl (C=O) groups is 3. The van der Waals surface area contributed by atoms with Crippen LogP contribution in [0, 0.1) is 0 Å². The van der Waals surface area contributed by atoms with Gasteiger partial charge in [0.25, 0.3) is 5.91 Å². The minimum Gasteiger partial charge on any atom is -0.464 e. The molecule has 0 radical (unpaired) electrons. The maximum Gasteiger partial charge on any atom is 0.417 e. The Morgan fingerprint density at radius 2 is 2.05 bits per heavy atom. The Morgan fingerprint density at radius 1 is 1.42 bits per heavy atom. The summed E-state index contributed by atoms with van der Waals surface area (Å²) >= 11 is 0. The maximum atomic E-state index is 12.0. The van der Waals surface area contributed by atoms with Crippen LogP contribution < -0.4 is 0 Å². The minimum absolute atomic E-state index is 0.0592. The summed E-state index contributed by atoms with van der Waals surface area (Å²) in [4.78, 5) is 36.2. The maximum absolute atomic E-state index is 12.0. The van der Waals surface area contributed by atoms with E-state index in [1.54, 1.807) is 27.7 Å². The molecule has 0 aromatic rings. The summed E-state index contributed by atoms with van der Waals surface area (Å²) in [5.74, 6) is -1.54. The molecule has 1 saturated heterocycles. The summed E-state index contributed by atoms with van der Waals surface area (Å²) in [6, 6.07) is 0. The number of amides is 2. The van der Waals surface area contributed by atoms with E-state index in [1.165, 1.54) is 0 Å². The van der Waals surface area contributed by atoms with Gasteiger partial charge in [-0.2, -0.15) is 0 Å². The molecule has 0 aromatic heterocycles. The van der Waals surface area contributed by atoms with E-state index in [9.17, 15) is 14.4 Å². The fourth-order valence-corrected chi connectivity index (χ4v) is 1.47. The molecule has 0 aliphatic carbocycles. The zero-order valence-electron chi connectivity index (χ0n) is 11.6. The summed E-state index contributed by atoms with van der Waals surface area (Å²) < 4.78 is 14.9. The first-order chi connectivity index (χ1) is 8.76. The largest absolute Gasteiger partial charge is 0.464 e. The van der Waals surface area contributed by atoms with Crippen LogP contribution >= 0.6 is 0 Å². The summed E-state index contributed by atoms with van der Waals surface area (Å²) in [7, 11) is 0. The van der Waals surface area contributed by atoms with Crippen LogP contribution in [-0.2, 0) is 23.8 Å². The lowest BCUT2D eigenvalue weighted by Crippen LogP contribution is -2.54. The fraction of sp³-hybridized carbons (Fsp3) is 0.750. The second-order valence-electron chi connectivity index (χ2n) is 4.97. The predicted molar refractivity (Wildman–Crippen MR) is 64.3 cm³/mol. The Kier molecular flexibility index (Phi) is 4.88. The molecule has 7 heteroatoms. The average molecular weight is 273 g/mol. The topological polar surface area (TPSA) is 82.1 Å². The van der Waals surface area contributed by atoms with Crippen LogP contribution in [0.4, 0.5) is 4.79 Å². The number of imide groups is 1. The summed E-state index contributed by atoms with van der Waals surface area (Å²) in [5.41, 5.74) is -0.713. The SMILES string of the molecule is CCOC(=O)C1OCCN(C(=O)OC(C)(C)C)C1=O. The second-order valence-corrected chi connectivity index (χ2v) is 4.97. The first-order valence-corrected chi connectivity index (χ1v) is 6.09. The molecule has 0 N–H and O–H groups in total. The van der Waals surface area contributed by atoms with E-state index < -0.39 is 29.7 Å². The highest BCUT2D eigenvalue weighted by Crippen LogP contribution is 2.14. The van der Waals surface area contributed by atoms with Gasteiger partial charge in [0, 0.05) is 0 Å². The number of carbonyl (C=O) groups excluding carboxylic acids is 3. The molecular weight excluding hydrogens is 254 g/mol. The highest BCUT2D eigenvalue weighted by molar-refractivity contribution is 6.06. The Labute approximate surface area is 111 Å². The van der Waals surface area contributed by atoms with Crippen molar-refractivity contribution >= 4 is 18.0 Å². The van der Waals surface area contributed by atoms with Crippen LogP contribution in [0.5, 0.6) is 0 Å². The van der Waals surface area contributed by atoms with Crippen LogP contribution in [0.25, 0.3) is 0 Å². The third-order valence-electron chi connectivity index (χ3n) is 2.20. The summed E-state index contributed by atoms with van der Waals surface area (Å²) in [6.45, 7) is 6.98. The summed E-state index contributed by atoms with van der Waals surface area (Å²) in [6.07, 6.45) is -2.17. The first kappa shape index (κ1) is 15.4. The van der Waals surface area contributed by atoms with Gasteiger partial charge in [0.2, 0.25) is 6.10 Å². The van der Waals surface area contributed by atoms with Gasteiger partial charge in [-0.15, -0.1) is 0 Å². The molecular formula is C12H19NO6. The number of hydrogen-bond acceptors (Lipinski definition) is 6. The van der Waals surface area contributed by atoms with Crippen LogP contribution in [0.15, 0.2) is 0 Å². The number of nitrogens with zero attached hydrogens (tertiary/aromatic N) is 1. The molecule has 1 aliphatic heterocycles. The number of esters is 1. The van der Waals surface area contributed by atoms with Gasteiger partial charge in [-0.3, -0.25) is 4.79 Å². The van der Waals surface area contributed by atoms with E-state index in [-0.39, 0.29) is 19.8 Å². The van der Waals surface area contributed by atoms with Gasteiger partial charge in [-0.05, 0) is 27.7 Å². The molecule has 0 bridgehead atoms. The molecule has 0 saturated carbocycles. The van der Waals surface area contributed by atoms with Crippen molar-refractivity contribution in [1.29, 1.82) is 0 Å². The van der Waals surface area contributed by atoms with Gasteiger partial charge >= 0.3 is 12.1 Å². The number of morpholine rings is 1. The van der Waals surface area contributed by atoms with Gasteiger partial charge in [0.1, 0.15) is 5.60 Å². The molecule has 0 aromatic carbocycles. The van der Waals surface area contributed by atoms with Crippen LogP contribution in [0.3, 0.4) is 0 Å². The third-order valence-corrected chi connectivity index (χ3v) is 2.20. The highest BCUT2D eigenvalue weighted by Gasteiger charge is 2.40. The molecule has 1 unspecified atom stereocenters. The average Bonchev–Trinajstić information content (AvgIpc) is 2.27. The fourth-order valence-electron chi connectivity index (χ4n) is 1.47. The lowest BCUT2D eigenvalue weighted by Gasteiger charge is -2.31. The van der Waals surface area contributed by atoms with Crippen LogP contribution in [0.2, 0.25) is 0 Å². The van der Waals surface area contributed by atoms with E-state index in [0.717, 1.165) is 4.90 Å². The smallest absolute Gasteiger partial charge is 0.417 e. The third kappa shape index (κ3) is 4.20. The standard InChI is InChI=1S/C12H19NO6/c1-5-17-10(15)8-9(14)13(6-7-18-8)11(16)19-12(2,3)4/h8H,5-7H2,1-4H3. The molecule has 108 valence electrons. The molecule has 1 fully saturated rings. The van der Waals surface area contributed by atoms with Gasteiger partial charge in [-0.1, -0.05) is 0 Å². The monoisotopic (exact) mass is 273 g/mol. The van der Waals surface area contributed by atoms with E-state index >= 15 is 0 Å². The van der Waals surface area contributed by atoms with Gasteiger partial charge in [0.05, 0.1) is 19.8 Å². The van der Waals surface area contributed by atoms with Gasteiger partial charge < -0.3 is 14.2 Å². The van der Waals surface area contributed by atoms with Crippen molar-refractivity contribution in [2.75, 3.05) is 19.8 Å². The van der Waals surface area contributed by atoms with Crippen molar-refractivity contribution in [3.8, 4) is 0 Å². The van der Waals surface area contributed by atoms with Crippen molar-refractivity contribution in [1.82, 2.24) is 4.90 Å². The number of hydrogen-bond donors (Lipinski definition) is 0. The Balaban J connectivity index is 2.73. The summed E-state index contributed by atoms with van der Waals surface area (Å²) in [5, 5.41) is 0. The normalized spacial score (nSPS) is 20.1. The molecule has 1 aliphatic rings. The van der Waals surface area contributed by atoms with Crippen molar-refractivity contribution < 1.29 is 28.6 Å². The van der Waals surface area contributed by atoms with Gasteiger partial charge in [-0.25, -0.2) is 14.5 Å². The molecule has 1 heterocycles. The van der Waals surface area contributed by atoms with E-state index in [4.69, 9.17) is 14.2 Å². The quantitative estimate of drug-likeness (QED) is 0.544. The highest BCUT2D eigenvalue weighted by atomic mass is 16.6. The van der Waals surface area contributed by atoms with E-state index in [2.05, 4.69) is 0 Å². The molecule has 0 spiro atoms. The van der Waals surface area contributed by atoms with Crippen molar-refractivity contribution in [2.45, 2.75) is 39.4 Å². The Morgan fingerprint density at radius 3 is 2.58 bits per heavy atom. The number of ether oxygens (including phenoxy) is 3. The van der Waals surface area contributed by atoms with Crippen LogP contribution in [-0.4, -0.2) is 54.3 Å². The first-order valence-electron chi connectivity index (χ1n) is 6.09. The van der Waals surface area contributed by atoms with E-state index in [0.29, 0.717) is 0 Å². The predicted octanol–water partition coefficient (Wildman–Crippen LogP) is 0.712. The zero-order chi connectivity index (χ0) is 14.6. The number of rotatable bonds is 2. The molecule has 19 heavy (non-hydrogen) atoms. The Bertz CT molecular complexity index is 373. The molecule has 2 amide bonds. The van der Waals surface area contributed by atoms with Crippen molar-refractivity contribution in [2.24, 2.45) is 0 Å². The zero-order valence-corrected chi connectivity index (χ0v) is 11.6. The van der Waals surface area contributed by atoms with Crippen molar-refractivity contribution in [3.05, 3.63) is 0 Å². The van der Waals surface area contributed by atoms with Crippen molar-refractivity contribution in [3.63, 3.8) is 0 Å². The molecule has 1 rings (SSSR count). The Hall–Kier alpha value is -1.63. The lowest BCUT2D eigenvalue weighted by molar-refractivity contribution is -0.171. The van der Waals surface area contributed by atoms with Gasteiger partial charge in [0.15, 0.2) is 0 Å². The molecule has 1 atom stereocenters. The molecule has 7 nitrogen and oxygen atoms in total. The second kappa shape index (κ2) is 6.01. The minimum atomic E-state index is -1.39.